The predicted octanol–water partition coefficient (Wildman–Crippen LogP) is 2.14. The van der Waals surface area contributed by atoms with Crippen molar-refractivity contribution in [3.63, 3.8) is 0 Å². The Hall–Kier alpha value is -1.81. The minimum Gasteiger partial charge on any atom is -0.497 e. The molecule has 0 spiro atoms. The fraction of sp³-hybridized carbons (Fsp3) is 0.438. The van der Waals surface area contributed by atoms with E-state index in [9.17, 15) is 0 Å². The maximum absolute atomic E-state index is 5.21. The summed E-state index contributed by atoms with van der Waals surface area (Å²) in [5.74, 6) is 0.866. The Labute approximate surface area is 119 Å². The van der Waals surface area contributed by atoms with Gasteiger partial charge in [-0.15, -0.1) is 0 Å². The van der Waals surface area contributed by atoms with Crippen LogP contribution in [0.2, 0.25) is 0 Å². The van der Waals surface area contributed by atoms with Crippen molar-refractivity contribution in [2.24, 2.45) is 5.41 Å². The Morgan fingerprint density at radius 1 is 1.30 bits per heavy atom. The van der Waals surface area contributed by atoms with Gasteiger partial charge in [-0.2, -0.15) is 5.10 Å². The summed E-state index contributed by atoms with van der Waals surface area (Å²) in [6.45, 7) is 4.61. The van der Waals surface area contributed by atoms with Gasteiger partial charge in [0.2, 0.25) is 0 Å². The molecule has 3 rings (SSSR count). The maximum Gasteiger partial charge on any atom is 0.119 e. The highest BCUT2D eigenvalue weighted by molar-refractivity contribution is 5.40. The van der Waals surface area contributed by atoms with Gasteiger partial charge in [0, 0.05) is 6.42 Å². The van der Waals surface area contributed by atoms with Crippen LogP contribution in [0.5, 0.6) is 5.75 Å². The second-order valence-corrected chi connectivity index (χ2v) is 6.40. The van der Waals surface area contributed by atoms with Crippen LogP contribution in [-0.4, -0.2) is 16.9 Å². The lowest BCUT2D eigenvalue weighted by atomic mass is 9.74. The molecule has 3 N–H and O–H groups in total. The Bertz CT molecular complexity index is 613. The zero-order chi connectivity index (χ0) is 14.3. The van der Waals surface area contributed by atoms with E-state index in [1.54, 1.807) is 7.11 Å². The van der Waals surface area contributed by atoms with Crippen molar-refractivity contribution in [3.05, 3.63) is 41.7 Å². The topological polar surface area (TPSA) is 54.7 Å². The molecule has 1 heterocycles. The molecule has 0 unspecified atom stereocenters. The van der Waals surface area contributed by atoms with Crippen molar-refractivity contribution in [1.29, 1.82) is 0 Å². The standard InChI is InChI=1S/C16H21N3O/c1-16(2)8-14(17)13-10-18-19(15(13)9-16)11-4-6-12(20-3)7-5-11/h4-7,10,14H,8-9,17H2,1-3H3/p+1/t14-/m1/s1. The molecule has 0 fully saturated rings. The first-order chi connectivity index (χ1) is 9.50. The second kappa shape index (κ2) is 4.63. The molecule has 0 radical (unpaired) electrons. The second-order valence-electron chi connectivity index (χ2n) is 6.40. The summed E-state index contributed by atoms with van der Waals surface area (Å²) in [4.78, 5) is 0. The third kappa shape index (κ3) is 2.20. The summed E-state index contributed by atoms with van der Waals surface area (Å²) < 4.78 is 7.26. The number of benzene rings is 1. The number of fused-ring (bicyclic) bond motifs is 1. The molecule has 0 bridgehead atoms. The van der Waals surface area contributed by atoms with Gasteiger partial charge in [0.15, 0.2) is 0 Å². The van der Waals surface area contributed by atoms with Crippen molar-refractivity contribution in [3.8, 4) is 11.4 Å². The molecule has 20 heavy (non-hydrogen) atoms. The van der Waals surface area contributed by atoms with Gasteiger partial charge in [0.25, 0.3) is 0 Å². The van der Waals surface area contributed by atoms with Crippen molar-refractivity contribution in [2.45, 2.75) is 32.7 Å². The van der Waals surface area contributed by atoms with E-state index in [-0.39, 0.29) is 5.41 Å². The lowest BCUT2D eigenvalue weighted by molar-refractivity contribution is -0.433. The molecule has 4 nitrogen and oxygen atoms in total. The van der Waals surface area contributed by atoms with E-state index >= 15 is 0 Å². The Morgan fingerprint density at radius 2 is 2.00 bits per heavy atom. The van der Waals surface area contributed by atoms with E-state index in [0.29, 0.717) is 6.04 Å². The molecule has 0 aliphatic heterocycles. The number of nitrogens with zero attached hydrogens (tertiary/aromatic N) is 2. The lowest BCUT2D eigenvalue weighted by Gasteiger charge is -2.32. The van der Waals surface area contributed by atoms with Crippen molar-refractivity contribution in [1.82, 2.24) is 9.78 Å². The van der Waals surface area contributed by atoms with Crippen LogP contribution in [0.25, 0.3) is 5.69 Å². The molecule has 1 aliphatic carbocycles. The van der Waals surface area contributed by atoms with Crippen LogP contribution >= 0.6 is 0 Å². The Balaban J connectivity index is 2.03. The number of ether oxygens (including phenoxy) is 1. The molecule has 106 valence electrons. The summed E-state index contributed by atoms with van der Waals surface area (Å²) in [6.07, 6.45) is 4.14. The summed E-state index contributed by atoms with van der Waals surface area (Å²) in [5.41, 5.74) is 8.25. The first-order valence-corrected chi connectivity index (χ1v) is 7.04. The van der Waals surface area contributed by atoms with E-state index in [1.807, 2.05) is 35.1 Å². The van der Waals surface area contributed by atoms with Crippen LogP contribution < -0.4 is 10.5 Å². The molecular formula is C16H22N3O+. The van der Waals surface area contributed by atoms with Crippen molar-refractivity contribution in [2.75, 3.05) is 7.11 Å². The SMILES string of the molecule is COc1ccc(-n2ncc3c2CC(C)(C)C[C@H]3[NH3+])cc1. The number of rotatable bonds is 2. The Morgan fingerprint density at radius 3 is 2.65 bits per heavy atom. The predicted molar refractivity (Wildman–Crippen MR) is 77.8 cm³/mol. The van der Waals surface area contributed by atoms with E-state index in [4.69, 9.17) is 4.74 Å². The van der Waals surface area contributed by atoms with E-state index in [2.05, 4.69) is 24.7 Å². The zero-order valence-corrected chi connectivity index (χ0v) is 12.4. The van der Waals surface area contributed by atoms with Gasteiger partial charge in [-0.3, -0.25) is 0 Å². The molecule has 1 atom stereocenters. The number of quaternary nitrogens is 1. The summed E-state index contributed by atoms with van der Waals surface area (Å²) >= 11 is 0. The summed E-state index contributed by atoms with van der Waals surface area (Å²) in [5, 5.41) is 4.58. The van der Waals surface area contributed by atoms with Gasteiger partial charge in [-0.25, -0.2) is 4.68 Å². The van der Waals surface area contributed by atoms with Crippen molar-refractivity contribution >= 4 is 0 Å². The molecule has 2 aromatic rings. The average Bonchev–Trinajstić information content (AvgIpc) is 2.81. The van der Waals surface area contributed by atoms with E-state index in [1.165, 1.54) is 11.3 Å². The number of aromatic nitrogens is 2. The van der Waals surface area contributed by atoms with Crippen LogP contribution in [-0.2, 0) is 6.42 Å². The first kappa shape index (κ1) is 13.2. The molecule has 0 amide bonds. The molecule has 0 saturated carbocycles. The third-order valence-corrected chi connectivity index (χ3v) is 4.10. The maximum atomic E-state index is 5.21. The van der Waals surface area contributed by atoms with Crippen LogP contribution in [0.1, 0.15) is 37.6 Å². The van der Waals surface area contributed by atoms with Gasteiger partial charge in [-0.1, -0.05) is 13.8 Å². The minimum absolute atomic E-state index is 0.281. The fourth-order valence-electron chi connectivity index (χ4n) is 3.15. The lowest BCUT2D eigenvalue weighted by Crippen LogP contribution is -2.56. The number of methoxy groups -OCH3 is 1. The molecule has 1 aliphatic rings. The van der Waals surface area contributed by atoms with Gasteiger partial charge >= 0.3 is 0 Å². The monoisotopic (exact) mass is 272 g/mol. The fourth-order valence-corrected chi connectivity index (χ4v) is 3.15. The summed E-state index contributed by atoms with van der Waals surface area (Å²) in [7, 11) is 1.68. The average molecular weight is 272 g/mol. The van der Waals surface area contributed by atoms with Crippen LogP contribution in [0.15, 0.2) is 30.5 Å². The normalized spacial score (nSPS) is 20.5. The van der Waals surface area contributed by atoms with Gasteiger partial charge in [0.05, 0.1) is 30.3 Å². The highest BCUT2D eigenvalue weighted by Gasteiger charge is 2.35. The van der Waals surface area contributed by atoms with Crippen LogP contribution in [0.3, 0.4) is 0 Å². The van der Waals surface area contributed by atoms with Gasteiger partial charge < -0.3 is 10.5 Å². The van der Waals surface area contributed by atoms with Gasteiger partial charge in [-0.05, 0) is 36.1 Å². The van der Waals surface area contributed by atoms with Crippen LogP contribution in [0.4, 0.5) is 0 Å². The van der Waals surface area contributed by atoms with Crippen molar-refractivity contribution < 1.29 is 10.5 Å². The number of hydrogen-bond acceptors (Lipinski definition) is 2. The molecule has 1 aromatic carbocycles. The zero-order valence-electron chi connectivity index (χ0n) is 12.4. The molecule has 1 aromatic heterocycles. The third-order valence-electron chi connectivity index (χ3n) is 4.10. The molecular weight excluding hydrogens is 250 g/mol. The van der Waals surface area contributed by atoms with Crippen LogP contribution in [0, 0.1) is 5.41 Å². The smallest absolute Gasteiger partial charge is 0.119 e. The largest absolute Gasteiger partial charge is 0.497 e. The molecule has 4 heteroatoms. The summed E-state index contributed by atoms with van der Waals surface area (Å²) in [6, 6.07) is 8.37. The highest BCUT2D eigenvalue weighted by atomic mass is 16.5. The highest BCUT2D eigenvalue weighted by Crippen LogP contribution is 2.39. The van der Waals surface area contributed by atoms with Gasteiger partial charge in [0.1, 0.15) is 11.8 Å². The molecule has 0 saturated heterocycles. The van der Waals surface area contributed by atoms with E-state index in [0.717, 1.165) is 24.3 Å². The quantitative estimate of drug-likeness (QED) is 0.910. The first-order valence-electron chi connectivity index (χ1n) is 7.04. The Kier molecular flexibility index (Phi) is 3.05. The minimum atomic E-state index is 0.281. The van der Waals surface area contributed by atoms with E-state index < -0.39 is 0 Å². The number of hydrogen-bond donors (Lipinski definition) is 1.